The molecule has 0 rings (SSSR count). The lowest BCUT2D eigenvalue weighted by atomic mass is 9.99. The number of rotatable bonds is 64. The van der Waals surface area contributed by atoms with E-state index in [1.165, 1.54) is 109 Å². The first-order valence-electron chi connectivity index (χ1n) is 34.0. The normalized spacial score (nSPS) is 14.7. The molecular formula is C66H124O17P2. The van der Waals surface area contributed by atoms with E-state index in [1.54, 1.807) is 0 Å². The first kappa shape index (κ1) is 82.5. The highest BCUT2D eigenvalue weighted by Crippen LogP contribution is 2.45. The van der Waals surface area contributed by atoms with Crippen molar-refractivity contribution in [1.29, 1.82) is 0 Å². The summed E-state index contributed by atoms with van der Waals surface area (Å²) in [5.41, 5.74) is 0. The molecule has 0 saturated heterocycles. The van der Waals surface area contributed by atoms with Gasteiger partial charge in [0.15, 0.2) is 12.2 Å². The molecule has 0 saturated carbocycles. The molecule has 0 amide bonds. The summed E-state index contributed by atoms with van der Waals surface area (Å²) < 4.78 is 67.9. The van der Waals surface area contributed by atoms with Gasteiger partial charge in [0.1, 0.15) is 19.3 Å². The van der Waals surface area contributed by atoms with E-state index in [4.69, 9.17) is 37.0 Å². The Morgan fingerprint density at radius 1 is 0.376 bits per heavy atom. The molecular weight excluding hydrogens is 1130 g/mol. The summed E-state index contributed by atoms with van der Waals surface area (Å²) in [4.78, 5) is 72.1. The number of carbonyl (C=O) groups excluding carboxylic acids is 4. The molecule has 3 unspecified atom stereocenters. The van der Waals surface area contributed by atoms with E-state index in [2.05, 4.69) is 58.9 Å². The quantitative estimate of drug-likeness (QED) is 0.0169. The molecule has 0 aromatic rings. The van der Waals surface area contributed by atoms with E-state index < -0.39 is 97.5 Å². The second-order valence-corrected chi connectivity index (χ2v) is 26.3. The van der Waals surface area contributed by atoms with Crippen molar-refractivity contribution >= 4 is 39.5 Å². The second-order valence-electron chi connectivity index (χ2n) is 23.4. The summed E-state index contributed by atoms with van der Waals surface area (Å²) in [5, 5.41) is 10.5. The van der Waals surface area contributed by atoms with Crippen molar-refractivity contribution < 1.29 is 80.2 Å². The minimum absolute atomic E-state index is 0.0849. The van der Waals surface area contributed by atoms with E-state index in [9.17, 15) is 43.2 Å². The number of allylic oxidation sites excluding steroid dienone is 4. The number of aliphatic hydroxyl groups excluding tert-OH is 1. The summed E-state index contributed by atoms with van der Waals surface area (Å²) >= 11 is 0. The summed E-state index contributed by atoms with van der Waals surface area (Å²) in [7, 11) is -9.90. The fourth-order valence-corrected chi connectivity index (χ4v) is 10.9. The van der Waals surface area contributed by atoms with E-state index in [0.29, 0.717) is 25.7 Å². The Bertz CT molecular complexity index is 1750. The Hall–Kier alpha value is -2.46. The zero-order valence-corrected chi connectivity index (χ0v) is 56.0. The van der Waals surface area contributed by atoms with Crippen LogP contribution in [0.5, 0.6) is 0 Å². The van der Waals surface area contributed by atoms with Gasteiger partial charge >= 0.3 is 39.5 Å². The average Bonchev–Trinajstić information content (AvgIpc) is 3.52. The van der Waals surface area contributed by atoms with Crippen molar-refractivity contribution in [2.75, 3.05) is 39.6 Å². The van der Waals surface area contributed by atoms with Crippen LogP contribution in [0.4, 0.5) is 0 Å². The lowest BCUT2D eigenvalue weighted by molar-refractivity contribution is -0.161. The van der Waals surface area contributed by atoms with Gasteiger partial charge in [-0.1, -0.05) is 258 Å². The predicted molar refractivity (Wildman–Crippen MR) is 340 cm³/mol. The van der Waals surface area contributed by atoms with Gasteiger partial charge in [-0.3, -0.25) is 37.3 Å². The van der Waals surface area contributed by atoms with Gasteiger partial charge in [-0.15, -0.1) is 0 Å². The van der Waals surface area contributed by atoms with E-state index in [1.807, 2.05) is 0 Å². The molecule has 0 aliphatic rings. The smallest absolute Gasteiger partial charge is 0.462 e. The number of esters is 4. The molecule has 6 atom stereocenters. The molecule has 0 bridgehead atoms. The molecule has 0 aromatic heterocycles. The Morgan fingerprint density at radius 2 is 0.659 bits per heavy atom. The Morgan fingerprint density at radius 3 is 1.00 bits per heavy atom. The highest BCUT2D eigenvalue weighted by Gasteiger charge is 2.30. The molecule has 3 N–H and O–H groups in total. The Kier molecular flexibility index (Phi) is 57.5. The van der Waals surface area contributed by atoms with Crippen molar-refractivity contribution in [3.05, 3.63) is 24.3 Å². The van der Waals surface area contributed by atoms with E-state index in [-0.39, 0.29) is 25.7 Å². The number of unbranched alkanes of at least 4 members (excludes halogenated alkanes) is 32. The van der Waals surface area contributed by atoms with E-state index in [0.717, 1.165) is 121 Å². The maximum absolute atomic E-state index is 13.0. The zero-order chi connectivity index (χ0) is 62.8. The van der Waals surface area contributed by atoms with Gasteiger partial charge in [0.25, 0.3) is 0 Å². The molecule has 0 heterocycles. The van der Waals surface area contributed by atoms with Crippen LogP contribution in [-0.2, 0) is 65.4 Å². The van der Waals surface area contributed by atoms with Crippen LogP contribution in [0.1, 0.15) is 311 Å². The van der Waals surface area contributed by atoms with Crippen LogP contribution in [0.15, 0.2) is 24.3 Å². The van der Waals surface area contributed by atoms with E-state index >= 15 is 0 Å². The molecule has 0 radical (unpaired) electrons. The SMILES string of the molecule is CCCCCC/C=C\C=C/CCCCCCCC(=O)O[C@H](COC(=O)CCCCCCCCCCCCC(C)CC)COP(=O)(O)OC[C@@H](O)COP(=O)(O)OC[C@@H](COC(=O)CCCCCCCCCC)OC(=O)CCCCCCCCCC. The minimum atomic E-state index is -4.95. The third-order valence-electron chi connectivity index (χ3n) is 15.0. The van der Waals surface area contributed by atoms with Gasteiger partial charge in [0.05, 0.1) is 26.4 Å². The number of carbonyl (C=O) groups is 4. The van der Waals surface area contributed by atoms with Crippen molar-refractivity contribution in [3.63, 3.8) is 0 Å². The molecule has 500 valence electrons. The van der Waals surface area contributed by atoms with Crippen LogP contribution < -0.4 is 0 Å². The summed E-state index contributed by atoms with van der Waals surface area (Å²) in [6.45, 7) is 7.12. The number of phosphoric ester groups is 2. The summed E-state index contributed by atoms with van der Waals surface area (Å²) in [6, 6.07) is 0. The van der Waals surface area contributed by atoms with Crippen LogP contribution in [-0.4, -0.2) is 96.7 Å². The highest BCUT2D eigenvalue weighted by molar-refractivity contribution is 7.47. The van der Waals surface area contributed by atoms with Gasteiger partial charge in [0, 0.05) is 25.7 Å². The van der Waals surface area contributed by atoms with Crippen molar-refractivity contribution in [2.45, 2.75) is 329 Å². The van der Waals surface area contributed by atoms with Crippen molar-refractivity contribution in [2.24, 2.45) is 5.92 Å². The third-order valence-corrected chi connectivity index (χ3v) is 16.9. The van der Waals surface area contributed by atoms with Crippen LogP contribution in [0.25, 0.3) is 0 Å². The van der Waals surface area contributed by atoms with Gasteiger partial charge in [0.2, 0.25) is 0 Å². The monoisotopic (exact) mass is 1250 g/mol. The molecule has 0 aliphatic heterocycles. The van der Waals surface area contributed by atoms with Crippen LogP contribution in [0, 0.1) is 5.92 Å². The van der Waals surface area contributed by atoms with Gasteiger partial charge in [-0.25, -0.2) is 9.13 Å². The largest absolute Gasteiger partial charge is 0.472 e. The highest BCUT2D eigenvalue weighted by atomic mass is 31.2. The molecule has 0 fully saturated rings. The molecule has 0 spiro atoms. The molecule has 0 aromatic carbocycles. The van der Waals surface area contributed by atoms with Crippen LogP contribution in [0.3, 0.4) is 0 Å². The lowest BCUT2D eigenvalue weighted by Gasteiger charge is -2.21. The number of hydrogen-bond acceptors (Lipinski definition) is 15. The standard InChI is InChI=1S/C66H124O17P2/c1-6-10-13-16-19-22-23-24-25-26-27-32-37-42-47-52-66(71)83-62(56-77-64(69)50-45-40-36-31-29-28-30-33-38-43-48-59(5)9-4)58-81-85(74,75)79-54-60(67)53-78-84(72,73)80-57-61(82-65(70)51-46-41-35-21-18-15-12-8-3)55-76-63(68)49-44-39-34-20-17-14-11-7-2/h22-25,59-62,67H,6-21,26-58H2,1-5H3,(H,72,73)(H,74,75)/b23-22-,25-24-/t59?,60-,61+,62+/m0/s1. The summed E-state index contributed by atoms with van der Waals surface area (Å²) in [5.74, 6) is -1.36. The molecule has 17 nitrogen and oxygen atoms in total. The van der Waals surface area contributed by atoms with Gasteiger partial charge < -0.3 is 33.8 Å². The minimum Gasteiger partial charge on any atom is -0.462 e. The Balaban J connectivity index is 5.25. The first-order chi connectivity index (χ1) is 41.1. The average molecular weight is 1250 g/mol. The second kappa shape index (κ2) is 59.2. The van der Waals surface area contributed by atoms with Crippen molar-refractivity contribution in [3.8, 4) is 0 Å². The number of hydrogen-bond donors (Lipinski definition) is 3. The maximum Gasteiger partial charge on any atom is 0.472 e. The number of phosphoric acid groups is 2. The number of ether oxygens (including phenoxy) is 4. The van der Waals surface area contributed by atoms with Gasteiger partial charge in [-0.2, -0.15) is 0 Å². The van der Waals surface area contributed by atoms with Crippen molar-refractivity contribution in [1.82, 2.24) is 0 Å². The van der Waals surface area contributed by atoms with Crippen LogP contribution in [0.2, 0.25) is 0 Å². The van der Waals surface area contributed by atoms with Gasteiger partial charge in [-0.05, 0) is 57.3 Å². The molecule has 19 heteroatoms. The molecule has 85 heavy (non-hydrogen) atoms. The summed E-state index contributed by atoms with van der Waals surface area (Å²) in [6.07, 6.45) is 46.7. The topological polar surface area (TPSA) is 237 Å². The number of aliphatic hydroxyl groups is 1. The van der Waals surface area contributed by atoms with Crippen LogP contribution >= 0.6 is 15.6 Å². The fraction of sp³-hybridized carbons (Fsp3) is 0.879. The fourth-order valence-electron chi connectivity index (χ4n) is 9.36. The zero-order valence-electron chi connectivity index (χ0n) is 54.2. The maximum atomic E-state index is 13.0. The Labute approximate surface area is 516 Å². The third kappa shape index (κ3) is 59.0. The first-order valence-corrected chi connectivity index (χ1v) is 37.0. The molecule has 0 aliphatic carbocycles. The lowest BCUT2D eigenvalue weighted by Crippen LogP contribution is -2.30. The predicted octanol–water partition coefficient (Wildman–Crippen LogP) is 18.1.